The van der Waals surface area contributed by atoms with E-state index in [4.69, 9.17) is 0 Å². The quantitative estimate of drug-likeness (QED) is 0.686. The highest BCUT2D eigenvalue weighted by atomic mass is 32.2. The van der Waals surface area contributed by atoms with Gasteiger partial charge in [0.15, 0.2) is 5.75 Å². The zero-order chi connectivity index (χ0) is 15.4. The molecule has 1 unspecified atom stereocenters. The van der Waals surface area contributed by atoms with Gasteiger partial charge in [0, 0.05) is 13.1 Å². The Balaban J connectivity index is 2.80. The van der Waals surface area contributed by atoms with Crippen molar-refractivity contribution in [2.75, 3.05) is 25.4 Å². The fourth-order valence-electron chi connectivity index (χ4n) is 2.48. The second-order valence-corrected chi connectivity index (χ2v) is 6.95. The molecule has 1 fully saturated rings. The van der Waals surface area contributed by atoms with Crippen LogP contribution in [0.2, 0.25) is 0 Å². The molecule has 1 saturated heterocycles. The van der Waals surface area contributed by atoms with Gasteiger partial charge in [0.2, 0.25) is 10.0 Å². The van der Waals surface area contributed by atoms with Crippen LogP contribution in [0, 0.1) is 5.41 Å². The molecule has 7 nitrogen and oxygen atoms in total. The van der Waals surface area contributed by atoms with Crippen LogP contribution in [-0.2, 0) is 24.3 Å². The predicted octanol–water partition coefficient (Wildman–Crippen LogP) is 0.456. The molecule has 1 rings (SSSR count). The van der Waals surface area contributed by atoms with E-state index in [9.17, 15) is 23.1 Å². The molecule has 116 valence electrons. The number of carbonyl (C=O) groups is 2. The van der Waals surface area contributed by atoms with Crippen molar-refractivity contribution >= 4 is 22.0 Å². The zero-order valence-electron chi connectivity index (χ0n) is 11.8. The molecule has 0 spiro atoms. The van der Waals surface area contributed by atoms with Gasteiger partial charge in [-0.15, -0.1) is 0 Å². The molecular weight excluding hydrogens is 286 g/mol. The van der Waals surface area contributed by atoms with Crippen LogP contribution in [0.1, 0.15) is 33.1 Å². The summed E-state index contributed by atoms with van der Waals surface area (Å²) in [5, 5.41) is 9.33. The van der Waals surface area contributed by atoms with Crippen molar-refractivity contribution in [3.05, 3.63) is 0 Å². The van der Waals surface area contributed by atoms with Crippen molar-refractivity contribution in [1.29, 1.82) is 0 Å². The topological polar surface area (TPSA) is 101 Å². The summed E-state index contributed by atoms with van der Waals surface area (Å²) in [5.41, 5.74) is -1.03. The minimum Gasteiger partial charge on any atom is -0.481 e. The van der Waals surface area contributed by atoms with E-state index in [-0.39, 0.29) is 26.1 Å². The van der Waals surface area contributed by atoms with E-state index in [1.165, 1.54) is 0 Å². The van der Waals surface area contributed by atoms with E-state index in [2.05, 4.69) is 4.74 Å². The first kappa shape index (κ1) is 16.9. The van der Waals surface area contributed by atoms with Crippen molar-refractivity contribution in [2.24, 2.45) is 5.41 Å². The lowest BCUT2D eigenvalue weighted by molar-refractivity contribution is -0.148. The smallest absolute Gasteiger partial charge is 0.322 e. The monoisotopic (exact) mass is 307 g/mol. The van der Waals surface area contributed by atoms with Crippen LogP contribution in [0.3, 0.4) is 0 Å². The Bertz CT molecular complexity index is 474. The highest BCUT2D eigenvalue weighted by Crippen LogP contribution is 2.36. The summed E-state index contributed by atoms with van der Waals surface area (Å²) in [7, 11) is -3.81. The molecular formula is C12H21NO6S. The third kappa shape index (κ3) is 3.69. The molecule has 1 N–H and O–H groups in total. The lowest BCUT2D eigenvalue weighted by atomic mass is 9.83. The lowest BCUT2D eigenvalue weighted by Gasteiger charge is -2.23. The van der Waals surface area contributed by atoms with Crippen molar-refractivity contribution in [3.8, 4) is 0 Å². The van der Waals surface area contributed by atoms with Crippen LogP contribution >= 0.6 is 0 Å². The standard InChI is InChI=1S/C12H21NO6S/c1-3-5-12(11(15)16)6-7-13(9-12)20(17,18)8-10(14)19-4-2/h3-9H2,1-2H3,(H,15,16). The van der Waals surface area contributed by atoms with Gasteiger partial charge in [-0.1, -0.05) is 13.3 Å². The fraction of sp³-hybridized carbons (Fsp3) is 0.833. The Morgan fingerprint density at radius 2 is 2.00 bits per heavy atom. The average Bonchev–Trinajstić information content (AvgIpc) is 2.75. The number of aliphatic carboxylic acids is 1. The maximum atomic E-state index is 12.1. The normalized spacial score (nSPS) is 23.7. The van der Waals surface area contributed by atoms with E-state index < -0.39 is 33.1 Å². The van der Waals surface area contributed by atoms with Gasteiger partial charge in [0.25, 0.3) is 0 Å². The van der Waals surface area contributed by atoms with Crippen LogP contribution in [0.5, 0.6) is 0 Å². The third-order valence-corrected chi connectivity index (χ3v) is 5.20. The van der Waals surface area contributed by atoms with E-state index in [0.717, 1.165) is 4.31 Å². The summed E-state index contributed by atoms with van der Waals surface area (Å²) >= 11 is 0. The molecule has 0 aromatic carbocycles. The second kappa shape index (κ2) is 6.53. The van der Waals surface area contributed by atoms with E-state index in [0.29, 0.717) is 12.8 Å². The second-order valence-electron chi connectivity index (χ2n) is 4.98. The maximum absolute atomic E-state index is 12.1. The number of hydrogen-bond acceptors (Lipinski definition) is 5. The van der Waals surface area contributed by atoms with Crippen molar-refractivity contribution in [1.82, 2.24) is 4.31 Å². The first-order valence-corrected chi connectivity index (χ1v) is 8.25. The molecule has 0 aromatic rings. The van der Waals surface area contributed by atoms with Gasteiger partial charge in [0.05, 0.1) is 12.0 Å². The number of carbonyl (C=O) groups excluding carboxylic acids is 1. The van der Waals surface area contributed by atoms with Gasteiger partial charge < -0.3 is 9.84 Å². The van der Waals surface area contributed by atoms with Crippen LogP contribution in [-0.4, -0.2) is 55.2 Å². The summed E-state index contributed by atoms with van der Waals surface area (Å²) in [4.78, 5) is 22.7. The molecule has 0 bridgehead atoms. The predicted molar refractivity (Wildman–Crippen MR) is 71.6 cm³/mol. The van der Waals surface area contributed by atoms with Gasteiger partial charge in [-0.2, -0.15) is 0 Å². The number of esters is 1. The molecule has 1 heterocycles. The average molecular weight is 307 g/mol. The van der Waals surface area contributed by atoms with E-state index in [1.807, 2.05) is 6.92 Å². The SMILES string of the molecule is CCCC1(C(=O)O)CCN(S(=O)(=O)CC(=O)OCC)C1. The number of sulfonamides is 1. The molecule has 0 saturated carbocycles. The Labute approximate surface area is 118 Å². The van der Waals surface area contributed by atoms with Crippen molar-refractivity contribution in [2.45, 2.75) is 33.1 Å². The van der Waals surface area contributed by atoms with E-state index in [1.54, 1.807) is 6.92 Å². The number of rotatable bonds is 7. The van der Waals surface area contributed by atoms with Gasteiger partial charge in [0.1, 0.15) is 0 Å². The maximum Gasteiger partial charge on any atom is 0.322 e. The van der Waals surface area contributed by atoms with Crippen LogP contribution < -0.4 is 0 Å². The molecule has 1 aliphatic rings. The van der Waals surface area contributed by atoms with Crippen LogP contribution in [0.25, 0.3) is 0 Å². The Hall–Kier alpha value is -1.15. The summed E-state index contributed by atoms with van der Waals surface area (Å²) in [6.45, 7) is 3.63. The summed E-state index contributed by atoms with van der Waals surface area (Å²) < 4.78 is 29.8. The zero-order valence-corrected chi connectivity index (χ0v) is 12.6. The molecule has 8 heteroatoms. The molecule has 0 aliphatic carbocycles. The Morgan fingerprint density at radius 3 is 2.50 bits per heavy atom. The van der Waals surface area contributed by atoms with Crippen LogP contribution in [0.15, 0.2) is 0 Å². The number of carboxylic acid groups (broad SMARTS) is 1. The van der Waals surface area contributed by atoms with Gasteiger partial charge >= 0.3 is 11.9 Å². The largest absolute Gasteiger partial charge is 0.481 e. The van der Waals surface area contributed by atoms with Crippen molar-refractivity contribution in [3.63, 3.8) is 0 Å². The van der Waals surface area contributed by atoms with Crippen LogP contribution in [0.4, 0.5) is 0 Å². The highest BCUT2D eigenvalue weighted by Gasteiger charge is 2.47. The first-order valence-electron chi connectivity index (χ1n) is 6.64. The minimum atomic E-state index is -3.81. The van der Waals surface area contributed by atoms with Crippen molar-refractivity contribution < 1.29 is 27.9 Å². The molecule has 20 heavy (non-hydrogen) atoms. The van der Waals surface area contributed by atoms with Gasteiger partial charge in [-0.3, -0.25) is 9.59 Å². The molecule has 1 aliphatic heterocycles. The Morgan fingerprint density at radius 1 is 1.35 bits per heavy atom. The molecule has 0 radical (unpaired) electrons. The first-order chi connectivity index (χ1) is 9.27. The fourth-order valence-corrected chi connectivity index (χ4v) is 3.86. The van der Waals surface area contributed by atoms with E-state index >= 15 is 0 Å². The molecule has 1 atom stereocenters. The number of nitrogens with zero attached hydrogens (tertiary/aromatic N) is 1. The summed E-state index contributed by atoms with van der Waals surface area (Å²) in [6.07, 6.45) is 1.37. The number of hydrogen-bond donors (Lipinski definition) is 1. The highest BCUT2D eigenvalue weighted by molar-refractivity contribution is 7.89. The molecule has 0 aromatic heterocycles. The summed E-state index contributed by atoms with van der Waals surface area (Å²) in [6, 6.07) is 0. The summed E-state index contributed by atoms with van der Waals surface area (Å²) in [5.74, 6) is -2.52. The number of carboxylic acids is 1. The van der Waals surface area contributed by atoms with Gasteiger partial charge in [-0.05, 0) is 19.8 Å². The Kier molecular flexibility index (Phi) is 5.52. The molecule has 0 amide bonds. The lowest BCUT2D eigenvalue weighted by Crippen LogP contribution is -2.39. The third-order valence-electron chi connectivity index (χ3n) is 3.50. The minimum absolute atomic E-state index is 0.0715. The number of ether oxygens (including phenoxy) is 1. The van der Waals surface area contributed by atoms with Gasteiger partial charge in [-0.25, -0.2) is 12.7 Å².